The molecule has 0 saturated carbocycles. The van der Waals surface area contributed by atoms with Crippen LogP contribution in [0, 0.1) is 15.9 Å². The number of alkyl halides is 2. The van der Waals surface area contributed by atoms with E-state index in [0.29, 0.717) is 17.1 Å². The minimum atomic E-state index is -2.65. The van der Waals surface area contributed by atoms with Gasteiger partial charge >= 0.3 is 0 Å². The summed E-state index contributed by atoms with van der Waals surface area (Å²) in [7, 11) is 0. The Morgan fingerprint density at radius 3 is 2.62 bits per heavy atom. The molecular formula is C19H18F3N5O2. The third-order valence-corrected chi connectivity index (χ3v) is 4.51. The molecular weight excluding hydrogens is 387 g/mol. The second-order valence-corrected chi connectivity index (χ2v) is 6.50. The highest BCUT2D eigenvalue weighted by atomic mass is 19.3. The van der Waals surface area contributed by atoms with Crippen molar-refractivity contribution in [3.8, 4) is 0 Å². The molecule has 1 aromatic heterocycles. The molecule has 2 aromatic rings. The fourth-order valence-corrected chi connectivity index (χ4v) is 2.87. The summed E-state index contributed by atoms with van der Waals surface area (Å²) >= 11 is 0. The number of aliphatic imine (C=N–C) groups is 1. The Hall–Kier alpha value is -3.43. The van der Waals surface area contributed by atoms with Crippen LogP contribution in [0.2, 0.25) is 0 Å². The topological polar surface area (TPSA) is 97.6 Å². The van der Waals surface area contributed by atoms with Crippen LogP contribution in [0.15, 0.2) is 47.6 Å². The quantitative estimate of drug-likeness (QED) is 0.459. The lowest BCUT2D eigenvalue weighted by molar-refractivity contribution is -0.385. The van der Waals surface area contributed by atoms with Crippen molar-refractivity contribution in [2.45, 2.75) is 18.8 Å². The van der Waals surface area contributed by atoms with Crippen molar-refractivity contribution in [3.63, 3.8) is 0 Å². The third-order valence-electron chi connectivity index (χ3n) is 4.51. The van der Waals surface area contributed by atoms with Crippen LogP contribution in [-0.4, -0.2) is 35.1 Å². The molecule has 10 heteroatoms. The van der Waals surface area contributed by atoms with Gasteiger partial charge in [-0.2, -0.15) is 0 Å². The van der Waals surface area contributed by atoms with Gasteiger partial charge in [-0.15, -0.1) is 0 Å². The fourth-order valence-electron chi connectivity index (χ4n) is 2.87. The Balaban J connectivity index is 1.79. The van der Waals surface area contributed by atoms with Crippen LogP contribution in [0.1, 0.15) is 18.5 Å². The summed E-state index contributed by atoms with van der Waals surface area (Å²) in [6, 6.07) is 8.22. The predicted molar refractivity (Wildman–Crippen MR) is 104 cm³/mol. The van der Waals surface area contributed by atoms with Crippen molar-refractivity contribution >= 4 is 29.0 Å². The Bertz CT molecular complexity index is 968. The first kappa shape index (κ1) is 20.3. The van der Waals surface area contributed by atoms with Gasteiger partial charge in [0.2, 0.25) is 0 Å². The zero-order chi connectivity index (χ0) is 21.0. The summed E-state index contributed by atoms with van der Waals surface area (Å²) < 4.78 is 40.7. The number of nitro benzene ring substituents is 1. The molecule has 0 amide bonds. The van der Waals surface area contributed by atoms with E-state index in [9.17, 15) is 23.3 Å². The molecule has 0 aliphatic carbocycles. The SMILES string of the molecule is N/C=C(\C=Nc1ccc([N+](=O)[O-])cc1F)c1cccc(N2CCC(F)(F)CC2)n1. The number of pyridine rings is 1. The molecule has 2 heterocycles. The van der Waals surface area contributed by atoms with E-state index >= 15 is 0 Å². The van der Waals surface area contributed by atoms with Gasteiger partial charge in [0, 0.05) is 50.0 Å². The fraction of sp³-hybridized carbons (Fsp3) is 0.263. The molecule has 1 aromatic carbocycles. The lowest BCUT2D eigenvalue weighted by atomic mass is 10.1. The molecule has 1 fully saturated rings. The number of nitrogens with two attached hydrogens (primary N) is 1. The molecule has 0 radical (unpaired) electrons. The van der Waals surface area contributed by atoms with Crippen LogP contribution in [0.3, 0.4) is 0 Å². The number of hydrogen-bond acceptors (Lipinski definition) is 6. The minimum Gasteiger partial charge on any atom is -0.404 e. The molecule has 0 unspecified atom stereocenters. The van der Waals surface area contributed by atoms with Crippen LogP contribution in [-0.2, 0) is 0 Å². The average molecular weight is 405 g/mol. The number of non-ortho nitro benzene ring substituents is 1. The monoisotopic (exact) mass is 405 g/mol. The lowest BCUT2D eigenvalue weighted by Crippen LogP contribution is -2.39. The van der Waals surface area contributed by atoms with Crippen molar-refractivity contribution < 1.29 is 18.1 Å². The Kier molecular flexibility index (Phi) is 5.81. The Morgan fingerprint density at radius 1 is 1.28 bits per heavy atom. The van der Waals surface area contributed by atoms with Crippen LogP contribution in [0.4, 0.5) is 30.4 Å². The third kappa shape index (κ3) is 4.89. The number of anilines is 1. The van der Waals surface area contributed by atoms with Gasteiger partial charge in [-0.3, -0.25) is 15.1 Å². The largest absolute Gasteiger partial charge is 0.404 e. The molecule has 0 spiro atoms. The van der Waals surface area contributed by atoms with Crippen LogP contribution in [0.25, 0.3) is 5.57 Å². The van der Waals surface area contributed by atoms with E-state index in [4.69, 9.17) is 5.73 Å². The summed E-state index contributed by atoms with van der Waals surface area (Å²) in [5.74, 6) is -2.96. The van der Waals surface area contributed by atoms with Crippen molar-refractivity contribution in [1.82, 2.24) is 4.98 Å². The summed E-state index contributed by atoms with van der Waals surface area (Å²) in [5.41, 5.74) is 6.00. The van der Waals surface area contributed by atoms with E-state index in [1.54, 1.807) is 23.1 Å². The van der Waals surface area contributed by atoms with E-state index < -0.39 is 16.7 Å². The molecule has 1 saturated heterocycles. The van der Waals surface area contributed by atoms with E-state index in [0.717, 1.165) is 12.1 Å². The number of allylic oxidation sites excluding steroid dienone is 1. The number of aromatic nitrogens is 1. The second kappa shape index (κ2) is 8.29. The maximum absolute atomic E-state index is 14.0. The van der Waals surface area contributed by atoms with Gasteiger partial charge in [-0.1, -0.05) is 6.07 Å². The highest BCUT2D eigenvalue weighted by molar-refractivity contribution is 6.09. The summed E-state index contributed by atoms with van der Waals surface area (Å²) in [4.78, 5) is 20.2. The molecule has 2 N–H and O–H groups in total. The maximum Gasteiger partial charge on any atom is 0.272 e. The molecule has 7 nitrogen and oxygen atoms in total. The van der Waals surface area contributed by atoms with Crippen molar-refractivity contribution in [3.05, 3.63) is 64.2 Å². The number of benzene rings is 1. The number of piperidine rings is 1. The van der Waals surface area contributed by atoms with Gasteiger partial charge in [0.1, 0.15) is 5.82 Å². The Morgan fingerprint density at radius 2 is 2.00 bits per heavy atom. The van der Waals surface area contributed by atoms with Gasteiger partial charge in [-0.05, 0) is 18.2 Å². The van der Waals surface area contributed by atoms with Crippen molar-refractivity contribution in [2.75, 3.05) is 18.0 Å². The van der Waals surface area contributed by atoms with Gasteiger partial charge in [-0.25, -0.2) is 18.2 Å². The number of hydrogen-bond donors (Lipinski definition) is 1. The Labute approximate surface area is 164 Å². The predicted octanol–water partition coefficient (Wildman–Crippen LogP) is 4.07. The van der Waals surface area contributed by atoms with Crippen LogP contribution < -0.4 is 10.6 Å². The van der Waals surface area contributed by atoms with Crippen LogP contribution >= 0.6 is 0 Å². The van der Waals surface area contributed by atoms with Crippen molar-refractivity contribution in [2.24, 2.45) is 10.7 Å². The van der Waals surface area contributed by atoms with E-state index in [-0.39, 0.29) is 37.3 Å². The number of nitrogens with zero attached hydrogens (tertiary/aromatic N) is 4. The van der Waals surface area contributed by atoms with Gasteiger partial charge in [0.25, 0.3) is 11.6 Å². The summed E-state index contributed by atoms with van der Waals surface area (Å²) in [6.45, 7) is 0.375. The number of halogens is 3. The molecule has 0 bridgehead atoms. The molecule has 1 aliphatic heterocycles. The van der Waals surface area contributed by atoms with Gasteiger partial charge in [0.15, 0.2) is 5.82 Å². The lowest BCUT2D eigenvalue weighted by Gasteiger charge is -2.32. The standard InChI is InChI=1S/C19H18F3N5O2/c20-15-10-14(27(28)29)4-5-17(15)24-12-13(11-23)16-2-1-3-18(25-16)26-8-6-19(21,22)7-9-26/h1-5,10-12H,6-9,23H2/b13-11+,24-12?. The number of rotatable bonds is 5. The molecule has 0 atom stereocenters. The maximum atomic E-state index is 14.0. The first-order valence-electron chi connectivity index (χ1n) is 8.79. The minimum absolute atomic E-state index is 0.0932. The first-order chi connectivity index (χ1) is 13.8. The molecule has 29 heavy (non-hydrogen) atoms. The highest BCUT2D eigenvalue weighted by Crippen LogP contribution is 2.30. The second-order valence-electron chi connectivity index (χ2n) is 6.50. The van der Waals surface area contributed by atoms with Gasteiger partial charge < -0.3 is 10.6 Å². The highest BCUT2D eigenvalue weighted by Gasteiger charge is 2.34. The van der Waals surface area contributed by atoms with Gasteiger partial charge in [0.05, 0.1) is 22.4 Å². The van der Waals surface area contributed by atoms with E-state index in [1.165, 1.54) is 18.5 Å². The zero-order valence-electron chi connectivity index (χ0n) is 15.3. The van der Waals surface area contributed by atoms with E-state index in [2.05, 4.69) is 9.98 Å². The first-order valence-corrected chi connectivity index (χ1v) is 8.79. The molecule has 1 aliphatic rings. The molecule has 3 rings (SSSR count). The summed E-state index contributed by atoms with van der Waals surface area (Å²) in [6.07, 6.45) is 2.06. The van der Waals surface area contributed by atoms with Crippen LogP contribution in [0.5, 0.6) is 0 Å². The summed E-state index contributed by atoms with van der Waals surface area (Å²) in [5, 5.41) is 10.7. The number of nitro groups is 1. The zero-order valence-corrected chi connectivity index (χ0v) is 15.3. The normalized spacial score (nSPS) is 16.9. The van der Waals surface area contributed by atoms with E-state index in [1.807, 2.05) is 0 Å². The molecule has 152 valence electrons. The average Bonchev–Trinajstić information content (AvgIpc) is 2.69. The smallest absolute Gasteiger partial charge is 0.272 e. The van der Waals surface area contributed by atoms with Crippen molar-refractivity contribution in [1.29, 1.82) is 0 Å².